The summed E-state index contributed by atoms with van der Waals surface area (Å²) in [5.41, 5.74) is 1.17. The van der Waals surface area contributed by atoms with E-state index in [1.807, 2.05) is 24.3 Å². The number of carbonyl (C=O) groups excluding carboxylic acids is 2. The summed E-state index contributed by atoms with van der Waals surface area (Å²) in [5, 5.41) is 11.0. The number of hydrogen-bond donors (Lipinski definition) is 1. The molecule has 0 bridgehead atoms. The van der Waals surface area contributed by atoms with E-state index in [2.05, 4.69) is 15.9 Å². The van der Waals surface area contributed by atoms with Gasteiger partial charge in [-0.25, -0.2) is 0 Å². The summed E-state index contributed by atoms with van der Waals surface area (Å²) in [6.07, 6.45) is 1.51. The zero-order valence-corrected chi connectivity index (χ0v) is 17.6. The highest BCUT2D eigenvalue weighted by Gasteiger charge is 2.46. The lowest BCUT2D eigenvalue weighted by Crippen LogP contribution is -2.29. The summed E-state index contributed by atoms with van der Waals surface area (Å²) in [6.45, 7) is 0.109. The SMILES string of the molecule is COc1ccc(C(O)=C2C(=O)C(=O)N(Cc3ccco3)[C@H]2c2ccc(Br)cc2)cc1. The molecule has 1 aliphatic rings. The first-order valence-electron chi connectivity index (χ1n) is 9.20. The summed E-state index contributed by atoms with van der Waals surface area (Å²) in [7, 11) is 1.54. The lowest BCUT2D eigenvalue weighted by Gasteiger charge is -2.24. The van der Waals surface area contributed by atoms with Crippen molar-refractivity contribution in [1.82, 2.24) is 4.90 Å². The van der Waals surface area contributed by atoms with Crippen LogP contribution < -0.4 is 4.74 Å². The summed E-state index contributed by atoms with van der Waals surface area (Å²) in [6, 6.07) is 16.7. The van der Waals surface area contributed by atoms with Crippen LogP contribution in [0.1, 0.15) is 22.9 Å². The largest absolute Gasteiger partial charge is 0.507 e. The summed E-state index contributed by atoms with van der Waals surface area (Å²) in [5.74, 6) is -0.485. The fraction of sp³-hybridized carbons (Fsp3) is 0.130. The maximum absolute atomic E-state index is 13.0. The fourth-order valence-electron chi connectivity index (χ4n) is 3.51. The molecular formula is C23H18BrNO5. The Morgan fingerprint density at radius 2 is 1.80 bits per heavy atom. The minimum absolute atomic E-state index is 0.0408. The molecule has 30 heavy (non-hydrogen) atoms. The second-order valence-electron chi connectivity index (χ2n) is 6.79. The first-order valence-corrected chi connectivity index (χ1v) is 9.99. The van der Waals surface area contributed by atoms with Crippen molar-refractivity contribution in [3.05, 3.63) is 93.9 Å². The standard InChI is InChI=1S/C23H18BrNO5/c1-29-17-10-6-15(7-11-17)21(26)19-20(14-4-8-16(24)9-5-14)25(23(28)22(19)27)13-18-3-2-12-30-18/h2-12,20,26H,13H2,1H3/t20-/m0/s1. The van der Waals surface area contributed by atoms with Gasteiger partial charge >= 0.3 is 0 Å². The predicted octanol–water partition coefficient (Wildman–Crippen LogP) is 4.67. The third-order valence-corrected chi connectivity index (χ3v) is 5.52. The zero-order valence-electron chi connectivity index (χ0n) is 16.0. The number of carbonyl (C=O) groups is 2. The van der Waals surface area contributed by atoms with Gasteiger partial charge in [-0.15, -0.1) is 0 Å². The number of halogens is 1. The molecule has 1 N–H and O–H groups in total. The van der Waals surface area contributed by atoms with Crippen LogP contribution in [0.3, 0.4) is 0 Å². The summed E-state index contributed by atoms with van der Waals surface area (Å²) < 4.78 is 11.4. The van der Waals surface area contributed by atoms with Gasteiger partial charge in [-0.3, -0.25) is 9.59 Å². The van der Waals surface area contributed by atoms with Gasteiger partial charge in [-0.05, 0) is 54.1 Å². The van der Waals surface area contributed by atoms with Gasteiger partial charge in [0.25, 0.3) is 11.7 Å². The van der Waals surface area contributed by atoms with Crippen LogP contribution in [0.25, 0.3) is 5.76 Å². The van der Waals surface area contributed by atoms with Gasteiger partial charge in [0.2, 0.25) is 0 Å². The van der Waals surface area contributed by atoms with Crippen molar-refractivity contribution in [3.8, 4) is 5.75 Å². The van der Waals surface area contributed by atoms with E-state index in [0.717, 1.165) is 4.47 Å². The van der Waals surface area contributed by atoms with Crippen LogP contribution in [-0.4, -0.2) is 28.8 Å². The zero-order chi connectivity index (χ0) is 21.3. The van der Waals surface area contributed by atoms with E-state index < -0.39 is 17.7 Å². The van der Waals surface area contributed by atoms with Crippen molar-refractivity contribution in [1.29, 1.82) is 0 Å². The summed E-state index contributed by atoms with van der Waals surface area (Å²) in [4.78, 5) is 27.3. The molecule has 0 aliphatic carbocycles. The molecular weight excluding hydrogens is 450 g/mol. The number of furan rings is 1. The Hall–Kier alpha value is -3.32. The average Bonchev–Trinajstić information content (AvgIpc) is 3.36. The van der Waals surface area contributed by atoms with E-state index >= 15 is 0 Å². The molecule has 1 atom stereocenters. The van der Waals surface area contributed by atoms with E-state index in [9.17, 15) is 14.7 Å². The molecule has 2 heterocycles. The number of aliphatic hydroxyl groups excluding tert-OH is 1. The van der Waals surface area contributed by atoms with Crippen LogP contribution in [0.2, 0.25) is 0 Å². The Bertz CT molecular complexity index is 1100. The smallest absolute Gasteiger partial charge is 0.296 e. The molecule has 1 aliphatic heterocycles. The van der Waals surface area contributed by atoms with Crippen molar-refractivity contribution in [2.75, 3.05) is 7.11 Å². The molecule has 1 aromatic heterocycles. The van der Waals surface area contributed by atoms with Crippen molar-refractivity contribution < 1.29 is 23.8 Å². The Morgan fingerprint density at radius 1 is 1.10 bits per heavy atom. The van der Waals surface area contributed by atoms with E-state index in [-0.39, 0.29) is 17.9 Å². The number of rotatable bonds is 5. The fourth-order valence-corrected chi connectivity index (χ4v) is 3.77. The molecule has 4 rings (SSSR count). The van der Waals surface area contributed by atoms with Crippen LogP contribution in [0, 0.1) is 0 Å². The van der Waals surface area contributed by atoms with E-state index in [4.69, 9.17) is 9.15 Å². The van der Waals surface area contributed by atoms with E-state index in [1.54, 1.807) is 43.5 Å². The van der Waals surface area contributed by atoms with Crippen molar-refractivity contribution in [2.45, 2.75) is 12.6 Å². The van der Waals surface area contributed by atoms with Crippen LogP contribution in [0.15, 0.2) is 81.4 Å². The molecule has 2 aromatic carbocycles. The molecule has 1 amide bonds. The topological polar surface area (TPSA) is 80.0 Å². The number of Topliss-reactive ketones (excluding diaryl/α,β-unsaturated/α-hetero) is 1. The molecule has 0 unspecified atom stereocenters. The highest BCUT2D eigenvalue weighted by Crippen LogP contribution is 2.40. The van der Waals surface area contributed by atoms with E-state index in [1.165, 1.54) is 11.2 Å². The quantitative estimate of drug-likeness (QED) is 0.335. The lowest BCUT2D eigenvalue weighted by molar-refractivity contribution is -0.140. The number of methoxy groups -OCH3 is 1. The van der Waals surface area contributed by atoms with Gasteiger partial charge in [0.15, 0.2) is 0 Å². The van der Waals surface area contributed by atoms with E-state index in [0.29, 0.717) is 22.6 Å². The molecule has 0 radical (unpaired) electrons. The number of nitrogens with zero attached hydrogens (tertiary/aromatic N) is 1. The number of hydrogen-bond acceptors (Lipinski definition) is 5. The normalized spacial score (nSPS) is 18.1. The average molecular weight is 468 g/mol. The van der Waals surface area contributed by atoms with Crippen LogP contribution >= 0.6 is 15.9 Å². The van der Waals surface area contributed by atoms with Gasteiger partial charge in [0.05, 0.1) is 31.5 Å². The monoisotopic (exact) mass is 467 g/mol. The minimum atomic E-state index is -0.745. The highest BCUT2D eigenvalue weighted by atomic mass is 79.9. The number of ketones is 1. The second kappa shape index (κ2) is 8.20. The van der Waals surface area contributed by atoms with Crippen LogP contribution in [-0.2, 0) is 16.1 Å². The molecule has 152 valence electrons. The van der Waals surface area contributed by atoms with Gasteiger partial charge in [-0.1, -0.05) is 28.1 Å². The van der Waals surface area contributed by atoms with Gasteiger partial charge < -0.3 is 19.2 Å². The molecule has 0 saturated carbocycles. The number of aliphatic hydroxyl groups is 1. The molecule has 7 heteroatoms. The predicted molar refractivity (Wildman–Crippen MR) is 114 cm³/mol. The third kappa shape index (κ3) is 3.64. The second-order valence-corrected chi connectivity index (χ2v) is 7.70. The van der Waals surface area contributed by atoms with Gasteiger partial charge in [0, 0.05) is 10.0 Å². The maximum atomic E-state index is 13.0. The van der Waals surface area contributed by atoms with Crippen LogP contribution in [0.5, 0.6) is 5.75 Å². The van der Waals surface area contributed by atoms with Gasteiger partial charge in [0.1, 0.15) is 17.3 Å². The maximum Gasteiger partial charge on any atom is 0.296 e. The van der Waals surface area contributed by atoms with Crippen molar-refractivity contribution in [3.63, 3.8) is 0 Å². The Kier molecular flexibility index (Phi) is 5.46. The number of ether oxygens (including phenoxy) is 1. The summed E-state index contributed by atoms with van der Waals surface area (Å²) >= 11 is 3.40. The molecule has 0 spiro atoms. The number of likely N-dealkylation sites (tertiary alicyclic amines) is 1. The first-order chi connectivity index (χ1) is 14.5. The number of amides is 1. The van der Waals surface area contributed by atoms with Crippen molar-refractivity contribution in [2.24, 2.45) is 0 Å². The van der Waals surface area contributed by atoms with Gasteiger partial charge in [-0.2, -0.15) is 0 Å². The number of benzene rings is 2. The van der Waals surface area contributed by atoms with Crippen molar-refractivity contribution >= 4 is 33.4 Å². The minimum Gasteiger partial charge on any atom is -0.507 e. The molecule has 3 aromatic rings. The molecule has 1 saturated heterocycles. The van der Waals surface area contributed by atoms with Crippen LogP contribution in [0.4, 0.5) is 0 Å². The Balaban J connectivity index is 1.84. The molecule has 1 fully saturated rings. The Labute approximate surface area is 181 Å². The molecule has 6 nitrogen and oxygen atoms in total. The first kappa shape index (κ1) is 20.0. The highest BCUT2D eigenvalue weighted by molar-refractivity contribution is 9.10. The Morgan fingerprint density at radius 3 is 2.40 bits per heavy atom. The third-order valence-electron chi connectivity index (χ3n) is 5.00. The lowest BCUT2D eigenvalue weighted by atomic mass is 9.95.